The van der Waals surface area contributed by atoms with E-state index < -0.39 is 30.0 Å². The van der Waals surface area contributed by atoms with E-state index in [-0.39, 0.29) is 39.2 Å². The minimum absolute atomic E-state index is 0.0574. The van der Waals surface area contributed by atoms with Crippen molar-refractivity contribution >= 4 is 67.7 Å². The summed E-state index contributed by atoms with van der Waals surface area (Å²) in [5.74, 6) is 0.459. The molecule has 2 fully saturated rings. The van der Waals surface area contributed by atoms with Crippen molar-refractivity contribution in [3.8, 4) is 5.75 Å². The zero-order chi connectivity index (χ0) is 39.6. The van der Waals surface area contributed by atoms with Gasteiger partial charge in [-0.25, -0.2) is 9.59 Å². The van der Waals surface area contributed by atoms with Gasteiger partial charge in [-0.15, -0.1) is 0 Å². The molecule has 0 aliphatic carbocycles. The average molecular weight is 856 g/mol. The zero-order valence-corrected chi connectivity index (χ0v) is 33.2. The Morgan fingerprint density at radius 2 is 1.79 bits per heavy atom. The Balaban J connectivity index is 1.16. The molecule has 17 heteroatoms. The van der Waals surface area contributed by atoms with Gasteiger partial charge in [-0.3, -0.25) is 0 Å². The summed E-state index contributed by atoms with van der Waals surface area (Å²) < 4.78 is 49.2. The molecule has 2 saturated heterocycles. The number of nitrogens with zero attached hydrogens (tertiary/aromatic N) is 5. The van der Waals surface area contributed by atoms with Crippen molar-refractivity contribution in [1.82, 2.24) is 29.6 Å². The number of benzene rings is 3. The normalized spacial score (nSPS) is 17.4. The Morgan fingerprint density at radius 1 is 1.04 bits per heavy atom. The first kappa shape index (κ1) is 39.8. The zero-order valence-electron chi connectivity index (χ0n) is 30.5. The Bertz CT molecular complexity index is 2100. The maximum absolute atomic E-state index is 14.2. The van der Waals surface area contributed by atoms with Crippen molar-refractivity contribution in [2.75, 3.05) is 44.6 Å². The smallest absolute Gasteiger partial charge is 0.0392 e. The molecule has 0 spiro atoms. The van der Waals surface area contributed by atoms with E-state index in [9.17, 15) is 32.7 Å². The molecule has 3 aliphatic rings. The number of anilines is 1. The van der Waals surface area contributed by atoms with Gasteiger partial charge in [0.1, 0.15) is 0 Å². The van der Waals surface area contributed by atoms with E-state index in [1.54, 1.807) is 11.0 Å². The van der Waals surface area contributed by atoms with Crippen LogP contribution in [-0.4, -0.2) is 110 Å². The Kier molecular flexibility index (Phi) is 12.0. The van der Waals surface area contributed by atoms with Gasteiger partial charge in [0.15, 0.2) is 0 Å². The van der Waals surface area contributed by atoms with E-state index in [0.717, 1.165) is 56.2 Å². The summed E-state index contributed by atoms with van der Waals surface area (Å²) in [6, 6.07) is 13.4. The average Bonchev–Trinajstić information content (AvgIpc) is 3.76. The number of carbonyl (C=O) groups excluding carboxylic acids is 2. The van der Waals surface area contributed by atoms with Crippen molar-refractivity contribution in [1.29, 1.82) is 0 Å². The molecule has 1 atom stereocenters. The molecule has 4 heterocycles. The molecule has 0 saturated carbocycles. The molecule has 3 N–H and O–H groups in total. The fourth-order valence-electron chi connectivity index (χ4n) is 8.04. The van der Waals surface area contributed by atoms with Gasteiger partial charge in [-0.1, -0.05) is 18.2 Å². The molecule has 3 aromatic carbocycles. The third-order valence-corrected chi connectivity index (χ3v) is 12.4. The first-order chi connectivity index (χ1) is 26.8. The summed E-state index contributed by atoms with van der Waals surface area (Å²) in [4.78, 5) is 49.5. The van der Waals surface area contributed by atoms with E-state index in [1.807, 2.05) is 50.6 Å². The molecule has 1 unspecified atom stereocenters. The summed E-state index contributed by atoms with van der Waals surface area (Å²) in [5, 5.41) is 15.3. The Morgan fingerprint density at radius 3 is 2.52 bits per heavy atom. The number of halogens is 4. The number of carboxylic acid groups (broad SMARTS) is 1. The number of alkyl halides is 3. The summed E-state index contributed by atoms with van der Waals surface area (Å²) >= 11 is 8.24. The van der Waals surface area contributed by atoms with Crippen LogP contribution in [0.3, 0.4) is 0 Å². The van der Waals surface area contributed by atoms with Gasteiger partial charge in [0, 0.05) is 12.2 Å². The number of rotatable bonds is 10. The number of ether oxygens (including phenoxy) is 1. The van der Waals surface area contributed by atoms with Crippen LogP contribution >= 0.6 is 11.6 Å². The van der Waals surface area contributed by atoms with Crippen LogP contribution in [-0.2, 0) is 25.6 Å². The van der Waals surface area contributed by atoms with Crippen LogP contribution in [0.4, 0.5) is 33.2 Å². The Hall–Kier alpha value is -4.46. The molecule has 296 valence electrons. The number of aryl methyl sites for hydroxylation is 1. The number of fused-ring (bicyclic) bond motifs is 2. The number of amides is 4. The van der Waals surface area contributed by atoms with Crippen LogP contribution in [0, 0.1) is 0 Å². The summed E-state index contributed by atoms with van der Waals surface area (Å²) in [7, 11) is 0. The first-order valence-corrected chi connectivity index (χ1v) is 20.1. The molecule has 1 aromatic heterocycles. The van der Waals surface area contributed by atoms with Gasteiger partial charge in [0.25, 0.3) is 0 Å². The topological polar surface area (TPSA) is 132 Å². The molecule has 0 bridgehead atoms. The number of para-hydroxylation sites is 1. The molecule has 7 rings (SSSR count). The van der Waals surface area contributed by atoms with Crippen molar-refractivity contribution in [2.45, 2.75) is 69.8 Å². The van der Waals surface area contributed by atoms with Crippen LogP contribution in [0.2, 0.25) is 5.02 Å². The number of nitrogens with one attached hydrogen (secondary N) is 2. The maximum atomic E-state index is 14.2. The van der Waals surface area contributed by atoms with E-state index in [0.29, 0.717) is 62.3 Å². The number of hydrogen-bond acceptors (Lipinski definition) is 6. The van der Waals surface area contributed by atoms with Crippen LogP contribution in [0.1, 0.15) is 60.7 Å². The van der Waals surface area contributed by atoms with E-state index in [4.69, 9.17) is 21.3 Å². The van der Waals surface area contributed by atoms with Crippen molar-refractivity contribution in [3.05, 3.63) is 82.1 Å². The standard InChI is InChI=1S/C39H42AsClF3N7O5/c40-34-28(39(42,43)44)20-24(21-29(34)41)22-32(35-45-31-23-27(56-38(54)55)8-9-33(31)51(35)16-5-15-48-13-3-4-14-48)47-36(52)49-17-11-26(12-18-49)50-19-10-25-6-1-2-7-30(25)46-37(50)53/h1-2,6-9,20-21,23,26,32H,3-5,10-19,22H2,(H,46,53)(H,47,52)(H,54,55). The van der Waals surface area contributed by atoms with Crippen molar-refractivity contribution < 1.29 is 37.4 Å². The number of aromatic nitrogens is 2. The second-order valence-corrected chi connectivity index (χ2v) is 15.8. The fourth-order valence-corrected chi connectivity index (χ4v) is 8.82. The second kappa shape index (κ2) is 17.0. The number of piperidine rings is 1. The van der Waals surface area contributed by atoms with Crippen molar-refractivity contribution in [3.63, 3.8) is 0 Å². The fraction of sp³-hybridized carbons (Fsp3) is 0.436. The first-order valence-electron chi connectivity index (χ1n) is 18.8. The van der Waals surface area contributed by atoms with Crippen LogP contribution in [0.25, 0.3) is 11.0 Å². The third kappa shape index (κ3) is 9.05. The van der Waals surface area contributed by atoms with Gasteiger partial charge in [-0.2, -0.15) is 0 Å². The molecular weight excluding hydrogens is 814 g/mol. The molecule has 2 radical (unpaired) electrons. The van der Waals surface area contributed by atoms with Gasteiger partial charge in [0.2, 0.25) is 0 Å². The quantitative estimate of drug-likeness (QED) is 0.0932. The van der Waals surface area contributed by atoms with Crippen LogP contribution < -0.4 is 19.7 Å². The number of hydrogen-bond donors (Lipinski definition) is 3. The number of urea groups is 2. The molecular formula is C39H42AsClF3N7O5. The molecule has 56 heavy (non-hydrogen) atoms. The van der Waals surface area contributed by atoms with Crippen molar-refractivity contribution in [2.24, 2.45) is 0 Å². The predicted molar refractivity (Wildman–Crippen MR) is 206 cm³/mol. The summed E-state index contributed by atoms with van der Waals surface area (Å²) in [6.07, 6.45) is -1.42. The molecule has 3 aliphatic heterocycles. The third-order valence-electron chi connectivity index (χ3n) is 10.8. The monoisotopic (exact) mass is 855 g/mol. The number of likely N-dealkylation sites (tertiary alicyclic amines) is 2. The molecule has 12 nitrogen and oxygen atoms in total. The SMILES string of the molecule is O=C(O)Oc1ccc2c(c1)nc(C(Cc1cc(Cl)c([As])c(C(F)(F)F)c1)NC(=O)N1CCC(N3CCc4ccccc4NC3=O)CC1)n2CCCN1CCCC1. The second-order valence-electron chi connectivity index (χ2n) is 14.5. The van der Waals surface area contributed by atoms with Crippen LogP contribution in [0.5, 0.6) is 5.75 Å². The molecule has 4 amide bonds. The Labute approximate surface area is 335 Å². The van der Waals surface area contributed by atoms with Gasteiger partial charge < -0.3 is 15.3 Å². The van der Waals surface area contributed by atoms with Gasteiger partial charge >= 0.3 is 238 Å². The predicted octanol–water partition coefficient (Wildman–Crippen LogP) is 6.59. The van der Waals surface area contributed by atoms with Gasteiger partial charge in [0.05, 0.1) is 0 Å². The summed E-state index contributed by atoms with van der Waals surface area (Å²) in [6.45, 7) is 4.59. The van der Waals surface area contributed by atoms with Gasteiger partial charge in [-0.05, 0) is 44.0 Å². The van der Waals surface area contributed by atoms with Crippen LogP contribution in [0.15, 0.2) is 54.6 Å². The number of imidazole rings is 1. The molecule has 4 aromatic rings. The van der Waals surface area contributed by atoms with E-state index >= 15 is 0 Å². The number of carbonyl (C=O) groups is 3. The minimum atomic E-state index is -4.67. The minimum Gasteiger partial charge on any atom is -0.0392 e. The van der Waals surface area contributed by atoms with E-state index in [2.05, 4.69) is 15.5 Å². The summed E-state index contributed by atoms with van der Waals surface area (Å²) in [5.41, 5.74) is 2.30. The van der Waals surface area contributed by atoms with E-state index in [1.165, 1.54) is 18.2 Å².